The van der Waals surface area contributed by atoms with Crippen molar-refractivity contribution in [1.29, 1.82) is 0 Å². The number of benzene rings is 2. The molecule has 0 saturated heterocycles. The minimum atomic E-state index is -0.674. The molecule has 0 bridgehead atoms. The molecular formula is C19H15ClFN3O2. The second-order valence-electron chi connectivity index (χ2n) is 5.54. The third kappa shape index (κ3) is 3.50. The zero-order valence-corrected chi connectivity index (χ0v) is 14.6. The maximum atomic E-state index is 13.5. The first-order valence-electron chi connectivity index (χ1n) is 7.92. The van der Waals surface area contributed by atoms with Crippen LogP contribution in [0.1, 0.15) is 22.8 Å². The Bertz CT molecular complexity index is 1080. The molecule has 5 nitrogen and oxygen atoms in total. The van der Waals surface area contributed by atoms with Crippen LogP contribution in [0.5, 0.6) is 0 Å². The van der Waals surface area contributed by atoms with E-state index in [-0.39, 0.29) is 10.9 Å². The highest BCUT2D eigenvalue weighted by Gasteiger charge is 2.15. The van der Waals surface area contributed by atoms with E-state index in [0.29, 0.717) is 22.6 Å². The van der Waals surface area contributed by atoms with Gasteiger partial charge in [0.2, 0.25) is 5.43 Å². The van der Waals surface area contributed by atoms with E-state index in [4.69, 9.17) is 11.6 Å². The van der Waals surface area contributed by atoms with Gasteiger partial charge in [0.1, 0.15) is 11.4 Å². The Morgan fingerprint density at radius 2 is 2.08 bits per heavy atom. The highest BCUT2D eigenvalue weighted by molar-refractivity contribution is 6.33. The largest absolute Gasteiger partial charge is 0.347 e. The first-order chi connectivity index (χ1) is 12.5. The maximum absolute atomic E-state index is 13.5. The molecule has 0 atom stereocenters. The van der Waals surface area contributed by atoms with Crippen molar-refractivity contribution in [3.8, 4) is 0 Å². The SMILES string of the molecule is CCn1cc(C(=O)N/N=C/c2ccccc2Cl)c(=O)c2cc(F)ccc21. The van der Waals surface area contributed by atoms with Gasteiger partial charge in [-0.05, 0) is 31.2 Å². The average Bonchev–Trinajstić information content (AvgIpc) is 2.64. The van der Waals surface area contributed by atoms with E-state index in [1.54, 1.807) is 28.8 Å². The molecule has 0 aliphatic heterocycles. The standard InChI is InChI=1S/C19H15ClFN3O2/c1-2-24-11-15(18(25)14-9-13(21)7-8-17(14)24)19(26)23-22-10-12-5-3-4-6-16(12)20/h3-11H,2H2,1H3,(H,23,26)/b22-10+. The molecule has 1 heterocycles. The fraction of sp³-hybridized carbons (Fsp3) is 0.105. The van der Waals surface area contributed by atoms with Gasteiger partial charge in [0.15, 0.2) is 0 Å². The number of carbonyl (C=O) groups is 1. The highest BCUT2D eigenvalue weighted by atomic mass is 35.5. The van der Waals surface area contributed by atoms with Crippen molar-refractivity contribution in [2.45, 2.75) is 13.5 Å². The monoisotopic (exact) mass is 371 g/mol. The fourth-order valence-electron chi connectivity index (χ4n) is 2.59. The Kier molecular flexibility index (Phi) is 5.14. The number of nitrogens with zero attached hydrogens (tertiary/aromatic N) is 2. The summed E-state index contributed by atoms with van der Waals surface area (Å²) in [5.41, 5.74) is 2.85. The summed E-state index contributed by atoms with van der Waals surface area (Å²) in [6.07, 6.45) is 2.84. The van der Waals surface area contributed by atoms with E-state index in [1.807, 2.05) is 6.92 Å². The van der Waals surface area contributed by atoms with Crippen LogP contribution in [0.25, 0.3) is 10.9 Å². The van der Waals surface area contributed by atoms with Gasteiger partial charge in [0.05, 0.1) is 11.7 Å². The van der Waals surface area contributed by atoms with Crippen LogP contribution in [0.2, 0.25) is 5.02 Å². The van der Waals surface area contributed by atoms with Crippen molar-refractivity contribution in [1.82, 2.24) is 9.99 Å². The molecule has 2 aromatic carbocycles. The smallest absolute Gasteiger partial charge is 0.276 e. The predicted molar refractivity (Wildman–Crippen MR) is 100 cm³/mol. The zero-order chi connectivity index (χ0) is 18.7. The molecule has 0 aliphatic carbocycles. The summed E-state index contributed by atoms with van der Waals surface area (Å²) in [4.78, 5) is 24.9. The summed E-state index contributed by atoms with van der Waals surface area (Å²) in [6, 6.07) is 10.9. The number of nitrogens with one attached hydrogen (secondary N) is 1. The number of hydrogen-bond donors (Lipinski definition) is 1. The van der Waals surface area contributed by atoms with E-state index in [9.17, 15) is 14.0 Å². The molecule has 0 spiro atoms. The number of amides is 1. The molecule has 3 aromatic rings. The van der Waals surface area contributed by atoms with Gasteiger partial charge in [0, 0.05) is 28.7 Å². The summed E-state index contributed by atoms with van der Waals surface area (Å²) in [5.74, 6) is -1.21. The summed E-state index contributed by atoms with van der Waals surface area (Å²) < 4.78 is 15.2. The Labute approximate surface area is 153 Å². The lowest BCUT2D eigenvalue weighted by Gasteiger charge is -2.10. The van der Waals surface area contributed by atoms with Gasteiger partial charge in [-0.3, -0.25) is 9.59 Å². The molecule has 0 aliphatic rings. The number of rotatable bonds is 4. The molecule has 132 valence electrons. The Morgan fingerprint density at radius 1 is 1.31 bits per heavy atom. The molecule has 1 aromatic heterocycles. The molecule has 3 rings (SSSR count). The first-order valence-corrected chi connectivity index (χ1v) is 8.29. The third-order valence-electron chi connectivity index (χ3n) is 3.90. The number of halogens is 2. The second kappa shape index (κ2) is 7.49. The number of hydrazone groups is 1. The van der Waals surface area contributed by atoms with Crippen molar-refractivity contribution < 1.29 is 9.18 Å². The molecule has 1 amide bonds. The summed E-state index contributed by atoms with van der Waals surface area (Å²) >= 11 is 6.01. The lowest BCUT2D eigenvalue weighted by molar-refractivity contribution is 0.0953. The lowest BCUT2D eigenvalue weighted by atomic mass is 10.1. The van der Waals surface area contributed by atoms with Crippen LogP contribution in [-0.2, 0) is 6.54 Å². The Balaban J connectivity index is 1.94. The van der Waals surface area contributed by atoms with Crippen molar-refractivity contribution in [2.75, 3.05) is 0 Å². The molecule has 7 heteroatoms. The maximum Gasteiger partial charge on any atom is 0.276 e. The van der Waals surface area contributed by atoms with Crippen LogP contribution in [0.15, 0.2) is 58.6 Å². The van der Waals surface area contributed by atoms with Crippen LogP contribution < -0.4 is 10.9 Å². The molecule has 1 N–H and O–H groups in total. The van der Waals surface area contributed by atoms with Crippen molar-refractivity contribution in [3.63, 3.8) is 0 Å². The van der Waals surface area contributed by atoms with Crippen molar-refractivity contribution >= 4 is 34.6 Å². The van der Waals surface area contributed by atoms with Crippen LogP contribution in [0.3, 0.4) is 0 Å². The van der Waals surface area contributed by atoms with Gasteiger partial charge in [-0.2, -0.15) is 5.10 Å². The molecule has 0 unspecified atom stereocenters. The quantitative estimate of drug-likeness (QED) is 0.563. The van der Waals surface area contributed by atoms with Crippen LogP contribution in [0, 0.1) is 5.82 Å². The van der Waals surface area contributed by atoms with E-state index in [2.05, 4.69) is 10.5 Å². The van der Waals surface area contributed by atoms with Crippen molar-refractivity contribution in [2.24, 2.45) is 5.10 Å². The summed E-state index contributed by atoms with van der Waals surface area (Å²) in [5, 5.41) is 4.48. The van der Waals surface area contributed by atoms with Gasteiger partial charge in [-0.25, -0.2) is 9.82 Å². The number of hydrogen-bond acceptors (Lipinski definition) is 3. The summed E-state index contributed by atoms with van der Waals surface area (Å²) in [7, 11) is 0. The minimum absolute atomic E-state index is 0.110. The minimum Gasteiger partial charge on any atom is -0.347 e. The Morgan fingerprint density at radius 3 is 2.81 bits per heavy atom. The number of carbonyl (C=O) groups excluding carboxylic acids is 1. The molecule has 0 saturated carbocycles. The highest BCUT2D eigenvalue weighted by Crippen LogP contribution is 2.14. The number of fused-ring (bicyclic) bond motifs is 1. The fourth-order valence-corrected chi connectivity index (χ4v) is 2.78. The topological polar surface area (TPSA) is 63.5 Å². The number of aryl methyl sites for hydroxylation is 1. The lowest BCUT2D eigenvalue weighted by Crippen LogP contribution is -2.27. The van der Waals surface area contributed by atoms with E-state index in [1.165, 1.54) is 24.5 Å². The van der Waals surface area contributed by atoms with Gasteiger partial charge in [-0.1, -0.05) is 29.8 Å². The van der Waals surface area contributed by atoms with E-state index >= 15 is 0 Å². The second-order valence-corrected chi connectivity index (χ2v) is 5.95. The van der Waals surface area contributed by atoms with Gasteiger partial charge in [-0.15, -0.1) is 0 Å². The molecule has 0 radical (unpaired) electrons. The van der Waals surface area contributed by atoms with Crippen LogP contribution in [-0.4, -0.2) is 16.7 Å². The first kappa shape index (κ1) is 17.8. The number of aromatic nitrogens is 1. The van der Waals surface area contributed by atoms with Gasteiger partial charge in [0.25, 0.3) is 5.91 Å². The van der Waals surface area contributed by atoms with Gasteiger partial charge < -0.3 is 4.57 Å². The summed E-state index contributed by atoms with van der Waals surface area (Å²) in [6.45, 7) is 2.39. The average molecular weight is 372 g/mol. The third-order valence-corrected chi connectivity index (χ3v) is 4.25. The normalized spacial score (nSPS) is 11.2. The van der Waals surface area contributed by atoms with E-state index in [0.717, 1.165) is 6.07 Å². The van der Waals surface area contributed by atoms with Crippen molar-refractivity contribution in [3.05, 3.63) is 80.9 Å². The molecule has 0 fully saturated rings. The predicted octanol–water partition coefficient (Wildman–Crippen LogP) is 3.58. The number of pyridine rings is 1. The molecular weight excluding hydrogens is 357 g/mol. The van der Waals surface area contributed by atoms with Crippen LogP contribution in [0.4, 0.5) is 4.39 Å². The van der Waals surface area contributed by atoms with Crippen LogP contribution >= 0.6 is 11.6 Å². The Hall–Kier alpha value is -2.99. The zero-order valence-electron chi connectivity index (χ0n) is 13.9. The molecule has 26 heavy (non-hydrogen) atoms. The van der Waals surface area contributed by atoms with E-state index < -0.39 is 17.2 Å². The van der Waals surface area contributed by atoms with Gasteiger partial charge >= 0.3 is 0 Å².